The number of rotatable bonds is 8. The molecule has 0 radical (unpaired) electrons. The molecule has 1 N–H and O–H groups in total. The molecule has 3 unspecified atom stereocenters. The number of benzene rings is 1. The predicted molar refractivity (Wildman–Crippen MR) is 130 cm³/mol. The van der Waals surface area contributed by atoms with Crippen molar-refractivity contribution in [1.82, 2.24) is 19.7 Å². The summed E-state index contributed by atoms with van der Waals surface area (Å²) in [6.07, 6.45) is 3.31. The van der Waals surface area contributed by atoms with E-state index in [1.807, 2.05) is 20.8 Å². The number of hydrogen-bond donors (Lipinski definition) is 1. The molecule has 8 nitrogen and oxygen atoms in total. The Balaban J connectivity index is 1.60. The van der Waals surface area contributed by atoms with Gasteiger partial charge in [-0.3, -0.25) is 0 Å². The number of halogens is 3. The fraction of sp³-hybridized carbons (Fsp3) is 0.625. The van der Waals surface area contributed by atoms with E-state index in [1.165, 1.54) is 14.2 Å². The van der Waals surface area contributed by atoms with Gasteiger partial charge in [-0.1, -0.05) is 0 Å². The lowest BCUT2D eigenvalue weighted by Crippen LogP contribution is -2.51. The number of anilines is 1. The van der Waals surface area contributed by atoms with Crippen molar-refractivity contribution in [3.63, 3.8) is 0 Å². The topological polar surface area (TPSA) is 89.5 Å². The molecule has 3 heterocycles. The van der Waals surface area contributed by atoms with Gasteiger partial charge < -0.3 is 14.4 Å². The van der Waals surface area contributed by atoms with E-state index in [9.17, 15) is 17.4 Å². The molecule has 2 aromatic rings. The van der Waals surface area contributed by atoms with Crippen molar-refractivity contribution in [2.24, 2.45) is 5.92 Å². The van der Waals surface area contributed by atoms with Gasteiger partial charge in [0.15, 0.2) is 11.6 Å². The second-order valence-electron chi connectivity index (χ2n) is 10.3. The molecule has 1 aromatic heterocycles. The van der Waals surface area contributed by atoms with E-state index in [0.29, 0.717) is 24.9 Å². The minimum Gasteiger partial charge on any atom is -0.467 e. The van der Waals surface area contributed by atoms with Crippen molar-refractivity contribution in [2.45, 2.75) is 75.7 Å². The summed E-state index contributed by atoms with van der Waals surface area (Å²) >= 11 is 0. The summed E-state index contributed by atoms with van der Waals surface area (Å²) in [5.74, 6) is -2.66. The zero-order valence-corrected chi connectivity index (χ0v) is 21.9. The van der Waals surface area contributed by atoms with Crippen molar-refractivity contribution in [3.05, 3.63) is 35.1 Å². The van der Waals surface area contributed by atoms with Crippen molar-refractivity contribution >= 4 is 16.9 Å². The van der Waals surface area contributed by atoms with Crippen molar-refractivity contribution in [1.29, 1.82) is 0 Å². The van der Waals surface area contributed by atoms with Gasteiger partial charge >= 0.3 is 12.0 Å². The minimum atomic E-state index is -1.43. The minimum absolute atomic E-state index is 0.0168. The number of fused-ring (bicyclic) bond motifs is 2. The number of hydrogen-bond acceptors (Lipinski definition) is 7. The first-order valence-electron chi connectivity index (χ1n) is 11.9. The van der Waals surface area contributed by atoms with Crippen LogP contribution in [0, 0.1) is 23.4 Å². The number of methoxy groups -OCH3 is 2. The summed E-state index contributed by atoms with van der Waals surface area (Å²) in [7, 11) is 1.51. The maximum atomic E-state index is 14.6. The Morgan fingerprint density at radius 2 is 1.56 bits per heavy atom. The van der Waals surface area contributed by atoms with Crippen LogP contribution >= 0.6 is 0 Å². The Labute approximate surface area is 211 Å². The van der Waals surface area contributed by atoms with E-state index in [4.69, 9.17) is 9.47 Å². The average Bonchev–Trinajstić information content (AvgIpc) is 3.10. The summed E-state index contributed by atoms with van der Waals surface area (Å²) in [6.45, 7) is 5.54. The van der Waals surface area contributed by atoms with Crippen LogP contribution < -0.4 is 19.1 Å². The molecule has 4 atom stereocenters. The molecule has 12 heteroatoms. The van der Waals surface area contributed by atoms with Crippen LogP contribution in [0.4, 0.5) is 19.1 Å². The van der Waals surface area contributed by atoms with Gasteiger partial charge in [0.05, 0.1) is 30.0 Å². The second-order valence-corrected chi connectivity index (χ2v) is 12.3. The van der Waals surface area contributed by atoms with E-state index < -0.39 is 39.2 Å². The second kappa shape index (κ2) is 10.5. The van der Waals surface area contributed by atoms with Crippen LogP contribution in [0.1, 0.15) is 52.0 Å². The largest absolute Gasteiger partial charge is 0.467 e. The highest BCUT2D eigenvalue weighted by atomic mass is 32.2. The smallest absolute Gasteiger partial charge is 0.324 e. The third-order valence-corrected chi connectivity index (χ3v) is 8.49. The third-order valence-electron chi connectivity index (χ3n) is 6.86. The zero-order valence-electron chi connectivity index (χ0n) is 21.1. The Morgan fingerprint density at radius 3 is 2.08 bits per heavy atom. The standard InChI is InChI=1S/C24H32F3N5O3S/c1-24(2,3)36(33)31-20(11-13-10-18(26)19(27)12-17(13)25)14-8-15-6-7-16(9-14)32(15)21-28-22(34-4)30-23(29-21)35-5/h10,12,14-16,20,31H,6-9,11H2,1-5H3/t14?,15?,16?,20-,36?/m1/s1. The molecule has 4 rings (SSSR count). The van der Waals surface area contributed by atoms with Crippen LogP contribution in [-0.2, 0) is 17.4 Å². The highest BCUT2D eigenvalue weighted by molar-refractivity contribution is 7.84. The number of nitrogens with zero attached hydrogens (tertiary/aromatic N) is 4. The maximum absolute atomic E-state index is 14.6. The fourth-order valence-corrected chi connectivity index (χ4v) is 5.98. The highest BCUT2D eigenvalue weighted by Gasteiger charge is 2.45. The summed E-state index contributed by atoms with van der Waals surface area (Å²) in [5, 5.41) is 0. The SMILES string of the molecule is COc1nc(OC)nc(N2C3CCC2CC([C@@H](Cc2cc(F)c(F)cc2F)NS(=O)C(C)(C)C)C3)n1. The molecule has 2 aliphatic heterocycles. The maximum Gasteiger partial charge on any atom is 0.324 e. The van der Waals surface area contributed by atoms with E-state index in [0.717, 1.165) is 18.9 Å². The Morgan fingerprint density at radius 1 is 1.00 bits per heavy atom. The molecular weight excluding hydrogens is 495 g/mol. The van der Waals surface area contributed by atoms with Gasteiger partial charge in [-0.25, -0.2) is 22.1 Å². The molecule has 2 bridgehead atoms. The van der Waals surface area contributed by atoms with Crippen LogP contribution in [0.25, 0.3) is 0 Å². The molecule has 2 aliphatic rings. The van der Waals surface area contributed by atoms with Gasteiger partial charge in [0.25, 0.3) is 0 Å². The molecule has 2 fully saturated rings. The van der Waals surface area contributed by atoms with E-state index in [2.05, 4.69) is 24.6 Å². The molecular formula is C24H32F3N5O3S. The molecule has 0 aliphatic carbocycles. The number of aromatic nitrogens is 3. The van der Waals surface area contributed by atoms with Crippen LogP contribution in [0.5, 0.6) is 12.0 Å². The van der Waals surface area contributed by atoms with Gasteiger partial charge in [-0.2, -0.15) is 9.97 Å². The predicted octanol–water partition coefficient (Wildman–Crippen LogP) is 3.72. The quantitative estimate of drug-likeness (QED) is 0.524. The normalized spacial score (nSPS) is 23.4. The summed E-state index contributed by atoms with van der Waals surface area (Å²) in [5.41, 5.74) is 0.0547. The molecule has 0 spiro atoms. The Hall–Kier alpha value is -2.47. The average molecular weight is 528 g/mol. The number of nitrogens with one attached hydrogen (secondary N) is 1. The molecule has 198 valence electrons. The van der Waals surface area contributed by atoms with Crippen LogP contribution in [0.3, 0.4) is 0 Å². The monoisotopic (exact) mass is 527 g/mol. The first-order valence-corrected chi connectivity index (χ1v) is 13.1. The van der Waals surface area contributed by atoms with Crippen LogP contribution in [0.15, 0.2) is 12.1 Å². The lowest BCUT2D eigenvalue weighted by atomic mass is 9.83. The lowest BCUT2D eigenvalue weighted by Gasteiger charge is -2.42. The third kappa shape index (κ3) is 5.59. The summed E-state index contributed by atoms with van der Waals surface area (Å²) in [6, 6.07) is 1.56. The lowest BCUT2D eigenvalue weighted by molar-refractivity contribution is 0.272. The summed E-state index contributed by atoms with van der Waals surface area (Å²) < 4.78 is 68.1. The van der Waals surface area contributed by atoms with Gasteiger partial charge in [0.1, 0.15) is 5.82 Å². The molecule has 0 amide bonds. The summed E-state index contributed by atoms with van der Waals surface area (Å²) in [4.78, 5) is 15.1. The molecule has 36 heavy (non-hydrogen) atoms. The van der Waals surface area contributed by atoms with Gasteiger partial charge in [0.2, 0.25) is 5.95 Å². The fourth-order valence-electron chi connectivity index (χ4n) is 5.08. The zero-order chi connectivity index (χ0) is 26.2. The van der Waals surface area contributed by atoms with Crippen LogP contribution in [0.2, 0.25) is 0 Å². The van der Waals surface area contributed by atoms with Gasteiger partial charge in [-0.05, 0) is 70.4 Å². The van der Waals surface area contributed by atoms with E-state index in [1.54, 1.807) is 0 Å². The first kappa shape index (κ1) is 26.6. The van der Waals surface area contributed by atoms with Crippen molar-refractivity contribution < 1.29 is 26.9 Å². The Kier molecular flexibility index (Phi) is 7.75. The molecule has 1 aromatic carbocycles. The van der Waals surface area contributed by atoms with Gasteiger partial charge in [-0.15, -0.1) is 4.98 Å². The first-order chi connectivity index (χ1) is 17.0. The van der Waals surface area contributed by atoms with E-state index in [-0.39, 0.29) is 42.0 Å². The number of ether oxygens (including phenoxy) is 2. The highest BCUT2D eigenvalue weighted by Crippen LogP contribution is 2.43. The van der Waals surface area contributed by atoms with E-state index >= 15 is 0 Å². The Bertz CT molecular complexity index is 1100. The van der Waals surface area contributed by atoms with Crippen molar-refractivity contribution in [2.75, 3.05) is 19.1 Å². The van der Waals surface area contributed by atoms with Gasteiger partial charge in [0, 0.05) is 24.2 Å². The van der Waals surface area contributed by atoms with Crippen molar-refractivity contribution in [3.8, 4) is 12.0 Å². The molecule has 2 saturated heterocycles. The van der Waals surface area contributed by atoms with Crippen LogP contribution in [-0.4, -0.2) is 56.3 Å². The molecule has 0 saturated carbocycles. The number of piperidine rings is 1.